The van der Waals surface area contributed by atoms with Crippen molar-refractivity contribution in [3.8, 4) is 11.3 Å². The number of halogens is 2. The number of carbonyl (C=O) groups excluding carboxylic acids is 1. The van der Waals surface area contributed by atoms with Crippen LogP contribution in [0.5, 0.6) is 0 Å². The van der Waals surface area contributed by atoms with Gasteiger partial charge in [-0.25, -0.2) is 13.9 Å². The highest BCUT2D eigenvalue weighted by Crippen LogP contribution is 2.27. The zero-order valence-electron chi connectivity index (χ0n) is 17.5. The third-order valence-electron chi connectivity index (χ3n) is 4.77. The molecule has 32 heavy (non-hydrogen) atoms. The van der Waals surface area contributed by atoms with Crippen LogP contribution in [-0.2, 0) is 0 Å². The van der Waals surface area contributed by atoms with Crippen molar-refractivity contribution in [3.63, 3.8) is 0 Å². The van der Waals surface area contributed by atoms with Crippen molar-refractivity contribution in [1.29, 1.82) is 0 Å². The average Bonchev–Trinajstić information content (AvgIpc) is 3.19. The van der Waals surface area contributed by atoms with Gasteiger partial charge in [-0.05, 0) is 19.9 Å². The molecule has 0 aromatic carbocycles. The van der Waals surface area contributed by atoms with E-state index in [-0.39, 0.29) is 11.6 Å². The fraction of sp³-hybridized carbons (Fsp3) is 0.400. The molecule has 3 aromatic rings. The standard InChI is InChI=1S/C20H24ClFN6O4/c1-11(2)27-16-3-15(13-6-26-28-8-12(21)4-24-18(13)28)23-5-14(16)19(31)25-7-17(22)20(32,9-29)10-30/h3-6,8,11,17,29-30,32H,7,9-10H2,1-2H3,(H,23,27)(H,25,31). The first-order valence-corrected chi connectivity index (χ1v) is 10.2. The van der Waals surface area contributed by atoms with Crippen LogP contribution in [0.4, 0.5) is 10.1 Å². The number of rotatable bonds is 9. The van der Waals surface area contributed by atoms with Gasteiger partial charge in [0, 0.05) is 18.4 Å². The van der Waals surface area contributed by atoms with Crippen LogP contribution in [0.15, 0.2) is 30.9 Å². The molecule has 3 heterocycles. The number of nitrogens with one attached hydrogen (secondary N) is 2. The second kappa shape index (κ2) is 9.74. The molecule has 172 valence electrons. The molecule has 10 nitrogen and oxygen atoms in total. The van der Waals surface area contributed by atoms with Crippen LogP contribution in [-0.4, -0.2) is 78.4 Å². The van der Waals surface area contributed by atoms with Crippen molar-refractivity contribution < 1.29 is 24.5 Å². The van der Waals surface area contributed by atoms with Gasteiger partial charge in [-0.1, -0.05) is 11.6 Å². The number of hydrogen-bond acceptors (Lipinski definition) is 8. The Kier molecular flexibility index (Phi) is 7.24. The molecule has 0 fully saturated rings. The maximum absolute atomic E-state index is 14.2. The molecule has 0 bridgehead atoms. The summed E-state index contributed by atoms with van der Waals surface area (Å²) in [7, 11) is 0. The summed E-state index contributed by atoms with van der Waals surface area (Å²) in [5, 5.41) is 38.2. The van der Waals surface area contributed by atoms with E-state index in [4.69, 9.17) is 21.8 Å². The fourth-order valence-electron chi connectivity index (χ4n) is 2.96. The lowest BCUT2D eigenvalue weighted by atomic mass is 10.00. The minimum Gasteiger partial charge on any atom is -0.393 e. The van der Waals surface area contributed by atoms with E-state index in [0.717, 1.165) is 0 Å². The highest BCUT2D eigenvalue weighted by Gasteiger charge is 2.36. The number of pyridine rings is 1. The Morgan fingerprint density at radius 2 is 1.97 bits per heavy atom. The minimum absolute atomic E-state index is 0.0274. The van der Waals surface area contributed by atoms with Crippen LogP contribution in [0.25, 0.3) is 16.9 Å². The van der Waals surface area contributed by atoms with Crippen molar-refractivity contribution in [2.45, 2.75) is 31.7 Å². The molecule has 0 aliphatic rings. The van der Waals surface area contributed by atoms with Crippen LogP contribution < -0.4 is 10.6 Å². The number of alkyl halides is 1. The quantitative estimate of drug-likeness (QED) is 0.314. The second-order valence-corrected chi connectivity index (χ2v) is 8.05. The predicted molar refractivity (Wildman–Crippen MR) is 116 cm³/mol. The Balaban J connectivity index is 1.89. The third kappa shape index (κ3) is 4.96. The van der Waals surface area contributed by atoms with Crippen LogP contribution in [0.2, 0.25) is 5.02 Å². The minimum atomic E-state index is -2.35. The van der Waals surface area contributed by atoms with Gasteiger partial charge >= 0.3 is 0 Å². The molecule has 12 heteroatoms. The molecule has 0 saturated carbocycles. The van der Waals surface area contributed by atoms with Crippen LogP contribution in [0, 0.1) is 0 Å². The van der Waals surface area contributed by atoms with Crippen molar-refractivity contribution in [3.05, 3.63) is 41.4 Å². The summed E-state index contributed by atoms with van der Waals surface area (Å²) in [6.07, 6.45) is 3.94. The van der Waals surface area contributed by atoms with Crippen molar-refractivity contribution >= 4 is 28.8 Å². The molecule has 0 aliphatic carbocycles. The highest BCUT2D eigenvalue weighted by molar-refractivity contribution is 6.30. The molecule has 0 saturated heterocycles. The summed E-state index contributed by atoms with van der Waals surface area (Å²) < 4.78 is 15.7. The summed E-state index contributed by atoms with van der Waals surface area (Å²) >= 11 is 5.95. The number of aromatic nitrogens is 4. The molecule has 0 radical (unpaired) electrons. The SMILES string of the molecule is CC(C)Nc1cc(-c2cnn3cc(Cl)cnc23)ncc1C(=O)NCC(F)C(O)(CO)CO. The van der Waals surface area contributed by atoms with E-state index in [2.05, 4.69) is 25.7 Å². The van der Waals surface area contributed by atoms with Gasteiger partial charge in [-0.3, -0.25) is 9.78 Å². The molecule has 5 N–H and O–H groups in total. The van der Waals surface area contributed by atoms with E-state index in [9.17, 15) is 14.3 Å². The van der Waals surface area contributed by atoms with E-state index in [1.807, 2.05) is 13.8 Å². The van der Waals surface area contributed by atoms with Crippen molar-refractivity contribution in [2.75, 3.05) is 25.1 Å². The third-order valence-corrected chi connectivity index (χ3v) is 4.96. The molecule has 3 rings (SSSR count). The van der Waals surface area contributed by atoms with Gasteiger partial charge in [0.05, 0.1) is 59.7 Å². The lowest BCUT2D eigenvalue weighted by Gasteiger charge is -2.27. The number of hydrogen-bond donors (Lipinski definition) is 5. The predicted octanol–water partition coefficient (Wildman–Crippen LogP) is 1.05. The number of aliphatic hydroxyl groups is 3. The van der Waals surface area contributed by atoms with E-state index in [1.54, 1.807) is 18.5 Å². The van der Waals surface area contributed by atoms with Gasteiger partial charge in [-0.2, -0.15) is 5.10 Å². The van der Waals surface area contributed by atoms with Crippen LogP contribution in [0.1, 0.15) is 24.2 Å². The van der Waals surface area contributed by atoms with Gasteiger partial charge in [0.2, 0.25) is 0 Å². The topological polar surface area (TPSA) is 145 Å². The molecule has 1 atom stereocenters. The first kappa shape index (κ1) is 23.8. The van der Waals surface area contributed by atoms with Gasteiger partial charge in [0.1, 0.15) is 5.60 Å². The Morgan fingerprint density at radius 1 is 1.25 bits per heavy atom. The zero-order chi connectivity index (χ0) is 23.5. The molecule has 3 aromatic heterocycles. The summed E-state index contributed by atoms with van der Waals surface area (Å²) in [4.78, 5) is 21.3. The lowest BCUT2D eigenvalue weighted by Crippen LogP contribution is -2.51. The monoisotopic (exact) mass is 466 g/mol. The molecular weight excluding hydrogens is 443 g/mol. The summed E-state index contributed by atoms with van der Waals surface area (Å²) in [5.74, 6) is -0.641. The number of fused-ring (bicyclic) bond motifs is 1. The van der Waals surface area contributed by atoms with E-state index in [0.29, 0.717) is 27.6 Å². The Hall–Kier alpha value is -2.86. The fourth-order valence-corrected chi connectivity index (χ4v) is 3.10. The van der Waals surface area contributed by atoms with E-state index >= 15 is 0 Å². The normalized spacial score (nSPS) is 12.9. The van der Waals surface area contributed by atoms with Crippen LogP contribution in [0.3, 0.4) is 0 Å². The van der Waals surface area contributed by atoms with Gasteiger partial charge in [0.15, 0.2) is 11.8 Å². The number of anilines is 1. The Morgan fingerprint density at radius 3 is 2.62 bits per heavy atom. The smallest absolute Gasteiger partial charge is 0.255 e. The summed E-state index contributed by atoms with van der Waals surface area (Å²) in [6, 6.07) is 1.63. The maximum Gasteiger partial charge on any atom is 0.255 e. The van der Waals surface area contributed by atoms with Gasteiger partial charge in [-0.15, -0.1) is 0 Å². The average molecular weight is 467 g/mol. The molecule has 0 spiro atoms. The lowest BCUT2D eigenvalue weighted by molar-refractivity contribution is -0.103. The zero-order valence-corrected chi connectivity index (χ0v) is 18.2. The van der Waals surface area contributed by atoms with E-state index < -0.39 is 37.4 Å². The molecule has 1 amide bonds. The highest BCUT2D eigenvalue weighted by atomic mass is 35.5. The number of carbonyl (C=O) groups is 1. The van der Waals surface area contributed by atoms with E-state index in [1.165, 1.54) is 16.9 Å². The Labute approximate surface area is 188 Å². The number of nitrogens with zero attached hydrogens (tertiary/aromatic N) is 4. The van der Waals surface area contributed by atoms with Gasteiger partial charge in [0.25, 0.3) is 5.91 Å². The molecule has 0 aliphatic heterocycles. The maximum atomic E-state index is 14.2. The second-order valence-electron chi connectivity index (χ2n) is 7.61. The molecule has 1 unspecified atom stereocenters. The first-order chi connectivity index (χ1) is 15.2. The Bertz CT molecular complexity index is 1100. The largest absolute Gasteiger partial charge is 0.393 e. The summed E-state index contributed by atoms with van der Waals surface area (Å²) in [6.45, 7) is 1.19. The number of aliphatic hydroxyl groups excluding tert-OH is 2. The molecular formula is C20H24ClFN6O4. The van der Waals surface area contributed by atoms with Crippen molar-refractivity contribution in [2.24, 2.45) is 0 Å². The van der Waals surface area contributed by atoms with Crippen molar-refractivity contribution in [1.82, 2.24) is 24.9 Å². The first-order valence-electron chi connectivity index (χ1n) is 9.80. The van der Waals surface area contributed by atoms with Crippen LogP contribution >= 0.6 is 11.6 Å². The van der Waals surface area contributed by atoms with Gasteiger partial charge < -0.3 is 26.0 Å². The summed E-state index contributed by atoms with van der Waals surface area (Å²) in [5.41, 5.74) is -0.0898. The number of amides is 1.